The Balaban J connectivity index is 1.81. The van der Waals surface area contributed by atoms with Gasteiger partial charge in [-0.3, -0.25) is 9.59 Å². The van der Waals surface area contributed by atoms with Crippen molar-refractivity contribution in [3.8, 4) is 11.1 Å². The van der Waals surface area contributed by atoms with Gasteiger partial charge in [-0.05, 0) is 29.3 Å². The maximum atomic E-state index is 12.8. The molecule has 4 nitrogen and oxygen atoms in total. The van der Waals surface area contributed by atoms with E-state index in [9.17, 15) is 9.59 Å². The van der Waals surface area contributed by atoms with Crippen molar-refractivity contribution in [2.24, 2.45) is 5.41 Å². The topological polar surface area (TPSA) is 59.3 Å². The van der Waals surface area contributed by atoms with Gasteiger partial charge < -0.3 is 9.73 Å². The molecule has 0 spiro atoms. The maximum absolute atomic E-state index is 12.8. The number of nitrogens with one attached hydrogen (secondary N) is 1. The molecule has 0 radical (unpaired) electrons. The van der Waals surface area contributed by atoms with Crippen LogP contribution in [0.15, 0.2) is 77.6 Å². The van der Waals surface area contributed by atoms with Crippen molar-refractivity contribution in [2.75, 3.05) is 0 Å². The molecule has 0 aliphatic heterocycles. The summed E-state index contributed by atoms with van der Waals surface area (Å²) in [7, 11) is 0. The lowest BCUT2D eigenvalue weighted by Gasteiger charge is -2.24. The van der Waals surface area contributed by atoms with Gasteiger partial charge >= 0.3 is 0 Å². The zero-order chi connectivity index (χ0) is 19.4. The quantitative estimate of drug-likeness (QED) is 0.693. The van der Waals surface area contributed by atoms with Gasteiger partial charge in [-0.25, -0.2) is 0 Å². The van der Waals surface area contributed by atoms with Crippen LogP contribution in [0, 0.1) is 5.41 Å². The van der Waals surface area contributed by atoms with Gasteiger partial charge in [0.1, 0.15) is 6.04 Å². The van der Waals surface area contributed by atoms with E-state index in [-0.39, 0.29) is 11.7 Å². The molecule has 0 unspecified atom stereocenters. The van der Waals surface area contributed by atoms with Crippen LogP contribution >= 0.6 is 0 Å². The van der Waals surface area contributed by atoms with Gasteiger partial charge in [0.2, 0.25) is 0 Å². The van der Waals surface area contributed by atoms with Gasteiger partial charge in [-0.15, -0.1) is 0 Å². The van der Waals surface area contributed by atoms with E-state index in [2.05, 4.69) is 5.32 Å². The number of ketones is 1. The average molecular weight is 361 g/mol. The predicted molar refractivity (Wildman–Crippen MR) is 105 cm³/mol. The molecule has 3 rings (SSSR count). The Hall–Kier alpha value is -3.14. The third kappa shape index (κ3) is 4.34. The fourth-order valence-electron chi connectivity index (χ4n) is 2.83. The molecule has 3 aromatic rings. The Morgan fingerprint density at radius 1 is 0.889 bits per heavy atom. The summed E-state index contributed by atoms with van der Waals surface area (Å²) in [5, 5.41) is 2.85. The molecule has 1 aromatic heterocycles. The van der Waals surface area contributed by atoms with Crippen molar-refractivity contribution in [1.82, 2.24) is 5.32 Å². The van der Waals surface area contributed by atoms with E-state index in [1.807, 2.05) is 63.2 Å². The second kappa shape index (κ2) is 7.62. The van der Waals surface area contributed by atoms with Crippen LogP contribution in [0.2, 0.25) is 0 Å². The molecule has 1 atom stereocenters. The molecule has 0 aliphatic rings. The molecule has 0 aliphatic carbocycles. The van der Waals surface area contributed by atoms with Gasteiger partial charge in [-0.1, -0.05) is 63.2 Å². The zero-order valence-corrected chi connectivity index (χ0v) is 15.7. The number of amides is 1. The molecule has 1 heterocycles. The number of benzene rings is 2. The Bertz CT molecular complexity index is 905. The van der Waals surface area contributed by atoms with E-state index in [1.54, 1.807) is 18.2 Å². The molecule has 138 valence electrons. The largest absolute Gasteiger partial charge is 0.472 e. The van der Waals surface area contributed by atoms with Gasteiger partial charge in [0.05, 0.1) is 12.5 Å². The highest BCUT2D eigenvalue weighted by molar-refractivity contribution is 5.99. The molecular weight excluding hydrogens is 338 g/mol. The fourth-order valence-corrected chi connectivity index (χ4v) is 2.83. The summed E-state index contributed by atoms with van der Waals surface area (Å²) in [6.45, 7) is 5.51. The Labute approximate surface area is 159 Å². The van der Waals surface area contributed by atoms with E-state index in [1.165, 1.54) is 12.5 Å². The number of carbonyl (C=O) groups is 2. The third-order valence-electron chi connectivity index (χ3n) is 4.41. The second-order valence-corrected chi connectivity index (χ2v) is 7.52. The Kier molecular flexibility index (Phi) is 5.26. The number of carbonyl (C=O) groups excluding carboxylic acids is 2. The number of rotatable bonds is 5. The number of furan rings is 1. The Morgan fingerprint density at radius 3 is 2.07 bits per heavy atom. The highest BCUT2D eigenvalue weighted by Gasteiger charge is 2.32. The molecule has 1 amide bonds. The van der Waals surface area contributed by atoms with Crippen LogP contribution in [0.4, 0.5) is 0 Å². The maximum Gasteiger partial charge on any atom is 0.252 e. The van der Waals surface area contributed by atoms with Crippen LogP contribution in [0.5, 0.6) is 0 Å². The first-order valence-corrected chi connectivity index (χ1v) is 8.89. The smallest absolute Gasteiger partial charge is 0.252 e. The summed E-state index contributed by atoms with van der Waals surface area (Å²) in [4.78, 5) is 25.5. The number of Topliss-reactive ketones (excluding diaryl/α,β-unsaturated/α-hetero) is 1. The molecular formula is C23H23NO3. The summed E-state index contributed by atoms with van der Waals surface area (Å²) in [5.41, 5.74) is 2.67. The first-order chi connectivity index (χ1) is 12.9. The first-order valence-electron chi connectivity index (χ1n) is 8.89. The van der Waals surface area contributed by atoms with Crippen molar-refractivity contribution < 1.29 is 14.0 Å². The van der Waals surface area contributed by atoms with Gasteiger partial charge in [0.15, 0.2) is 5.78 Å². The zero-order valence-electron chi connectivity index (χ0n) is 15.7. The van der Waals surface area contributed by atoms with Gasteiger partial charge in [-0.2, -0.15) is 0 Å². The minimum absolute atomic E-state index is 0.0712. The van der Waals surface area contributed by atoms with Crippen LogP contribution in [0.3, 0.4) is 0 Å². The molecule has 0 saturated carbocycles. The average Bonchev–Trinajstić information content (AvgIpc) is 3.20. The minimum atomic E-state index is -0.745. The fraction of sp³-hybridized carbons (Fsp3) is 0.217. The second-order valence-electron chi connectivity index (χ2n) is 7.52. The van der Waals surface area contributed by atoms with Gasteiger partial charge in [0, 0.05) is 16.5 Å². The lowest BCUT2D eigenvalue weighted by Crippen LogP contribution is -2.39. The Morgan fingerprint density at radius 2 is 1.52 bits per heavy atom. The van der Waals surface area contributed by atoms with Gasteiger partial charge in [0.25, 0.3) is 5.91 Å². The monoisotopic (exact) mass is 361 g/mol. The number of hydrogen-bond acceptors (Lipinski definition) is 3. The normalized spacial score (nSPS) is 12.4. The molecule has 27 heavy (non-hydrogen) atoms. The molecule has 0 bridgehead atoms. The SMILES string of the molecule is CC(C)(C)C(=O)[C@@H](NC(=O)c1ccc(-c2ccccc2)cc1)c1ccoc1. The van der Waals surface area contributed by atoms with Crippen LogP contribution < -0.4 is 5.32 Å². The van der Waals surface area contributed by atoms with E-state index in [0.717, 1.165) is 11.1 Å². The predicted octanol–water partition coefficient (Wildman–Crippen LogP) is 5.03. The van der Waals surface area contributed by atoms with Crippen molar-refractivity contribution in [3.05, 3.63) is 84.3 Å². The van der Waals surface area contributed by atoms with E-state index >= 15 is 0 Å². The van der Waals surface area contributed by atoms with Crippen LogP contribution in [-0.2, 0) is 4.79 Å². The summed E-state index contributed by atoms with van der Waals surface area (Å²) >= 11 is 0. The number of hydrogen-bond donors (Lipinski definition) is 1. The lowest BCUT2D eigenvalue weighted by atomic mass is 9.84. The summed E-state index contributed by atoms with van der Waals surface area (Å²) in [5.74, 6) is -0.364. The standard InChI is InChI=1S/C23H23NO3/c1-23(2,3)21(25)20(19-13-14-27-15-19)24-22(26)18-11-9-17(10-12-18)16-7-5-4-6-8-16/h4-15,20H,1-3H3,(H,24,26)/t20-/m0/s1. The van der Waals surface area contributed by atoms with Crippen molar-refractivity contribution >= 4 is 11.7 Å². The van der Waals surface area contributed by atoms with Crippen molar-refractivity contribution in [2.45, 2.75) is 26.8 Å². The van der Waals surface area contributed by atoms with E-state index in [4.69, 9.17) is 4.42 Å². The summed E-state index contributed by atoms with van der Waals surface area (Å²) < 4.78 is 5.11. The van der Waals surface area contributed by atoms with Crippen molar-refractivity contribution in [1.29, 1.82) is 0 Å². The molecule has 0 fully saturated rings. The highest BCUT2D eigenvalue weighted by Crippen LogP contribution is 2.27. The minimum Gasteiger partial charge on any atom is -0.472 e. The van der Waals surface area contributed by atoms with E-state index < -0.39 is 11.5 Å². The molecule has 4 heteroatoms. The van der Waals surface area contributed by atoms with Crippen molar-refractivity contribution in [3.63, 3.8) is 0 Å². The first kappa shape index (κ1) is 18.6. The van der Waals surface area contributed by atoms with E-state index in [0.29, 0.717) is 11.1 Å². The van der Waals surface area contributed by atoms with Crippen LogP contribution in [0.25, 0.3) is 11.1 Å². The summed E-state index contributed by atoms with van der Waals surface area (Å²) in [6.07, 6.45) is 2.99. The van der Waals surface area contributed by atoms with Crippen LogP contribution in [-0.4, -0.2) is 11.7 Å². The molecule has 2 aromatic carbocycles. The molecule has 0 saturated heterocycles. The lowest BCUT2D eigenvalue weighted by molar-refractivity contribution is -0.128. The van der Waals surface area contributed by atoms with Crippen LogP contribution in [0.1, 0.15) is 42.7 Å². The summed E-state index contributed by atoms with van der Waals surface area (Å²) in [6, 6.07) is 18.3. The highest BCUT2D eigenvalue weighted by atomic mass is 16.3. The molecule has 1 N–H and O–H groups in total. The third-order valence-corrected chi connectivity index (χ3v) is 4.41.